The first-order valence-corrected chi connectivity index (χ1v) is 8.38. The molecule has 3 rings (SSSR count). The number of halogens is 1. The molecule has 0 unspecified atom stereocenters. The predicted octanol–water partition coefficient (Wildman–Crippen LogP) is 3.63. The molecule has 0 radical (unpaired) electrons. The third kappa shape index (κ3) is 3.56. The first kappa shape index (κ1) is 17.2. The molecule has 6 heteroatoms. The Morgan fingerprint density at radius 3 is 2.56 bits per heavy atom. The number of nitrogens with one attached hydrogen (secondary N) is 1. The van der Waals surface area contributed by atoms with Crippen LogP contribution in [0.15, 0.2) is 53.3 Å². The summed E-state index contributed by atoms with van der Waals surface area (Å²) in [6, 6.07) is 14.0. The molecule has 5 nitrogen and oxygen atoms in total. The monoisotopic (exact) mass is 355 g/mol. The number of carbonyl (C=O) groups excluding carboxylic acids is 1. The number of rotatable bonds is 4. The Labute approximate surface area is 150 Å². The van der Waals surface area contributed by atoms with Gasteiger partial charge in [0, 0.05) is 6.04 Å². The lowest BCUT2D eigenvalue weighted by Crippen LogP contribution is -2.37. The van der Waals surface area contributed by atoms with Crippen LogP contribution in [0.5, 0.6) is 0 Å². The Bertz CT molecular complexity index is 982. The van der Waals surface area contributed by atoms with Gasteiger partial charge in [-0.25, -0.2) is 4.98 Å². The number of nitrogens with zero attached hydrogens (tertiary/aromatic N) is 2. The Kier molecular flexibility index (Phi) is 4.86. The van der Waals surface area contributed by atoms with Gasteiger partial charge in [0.1, 0.15) is 5.82 Å². The molecule has 25 heavy (non-hydrogen) atoms. The molecule has 2 aromatic carbocycles. The minimum Gasteiger partial charge on any atom is -0.329 e. The lowest BCUT2D eigenvalue weighted by Gasteiger charge is -2.26. The fourth-order valence-corrected chi connectivity index (χ4v) is 2.87. The van der Waals surface area contributed by atoms with Crippen molar-refractivity contribution in [1.29, 1.82) is 0 Å². The lowest BCUT2D eigenvalue weighted by molar-refractivity contribution is 0.0685. The molecule has 0 aliphatic heterocycles. The van der Waals surface area contributed by atoms with Gasteiger partial charge in [0.15, 0.2) is 0 Å². The van der Waals surface area contributed by atoms with E-state index < -0.39 is 0 Å². The van der Waals surface area contributed by atoms with Crippen molar-refractivity contribution in [1.82, 2.24) is 14.9 Å². The second-order valence-electron chi connectivity index (χ2n) is 6.04. The van der Waals surface area contributed by atoms with E-state index in [9.17, 15) is 9.59 Å². The van der Waals surface area contributed by atoms with Gasteiger partial charge in [0.25, 0.3) is 11.5 Å². The second-order valence-corrected chi connectivity index (χ2v) is 6.44. The zero-order chi connectivity index (χ0) is 18.0. The Morgan fingerprint density at radius 1 is 1.16 bits per heavy atom. The Morgan fingerprint density at radius 2 is 1.84 bits per heavy atom. The van der Waals surface area contributed by atoms with E-state index in [0.29, 0.717) is 27.3 Å². The van der Waals surface area contributed by atoms with Crippen molar-refractivity contribution in [3.8, 4) is 0 Å². The molecule has 0 saturated heterocycles. The maximum Gasteiger partial charge on any atom is 0.258 e. The van der Waals surface area contributed by atoms with Crippen LogP contribution < -0.4 is 5.56 Å². The van der Waals surface area contributed by atoms with E-state index in [1.54, 1.807) is 47.4 Å². The molecular formula is C19H18ClN3O2. The van der Waals surface area contributed by atoms with Crippen molar-refractivity contribution in [2.24, 2.45) is 0 Å². The smallest absolute Gasteiger partial charge is 0.258 e. The molecule has 1 N–H and O–H groups in total. The van der Waals surface area contributed by atoms with Gasteiger partial charge in [-0.15, -0.1) is 0 Å². The van der Waals surface area contributed by atoms with E-state index >= 15 is 0 Å². The average molecular weight is 356 g/mol. The van der Waals surface area contributed by atoms with Crippen LogP contribution in [0.3, 0.4) is 0 Å². The van der Waals surface area contributed by atoms with E-state index in [1.807, 2.05) is 19.9 Å². The number of benzene rings is 2. The fraction of sp³-hybridized carbons (Fsp3) is 0.211. The SMILES string of the molecule is CC(C)N(Cc1nc2ccccc2c(=O)[nH]1)C(=O)c1ccccc1Cl. The summed E-state index contributed by atoms with van der Waals surface area (Å²) in [5.74, 6) is 0.245. The van der Waals surface area contributed by atoms with Gasteiger partial charge < -0.3 is 9.88 Å². The van der Waals surface area contributed by atoms with Crippen molar-refractivity contribution in [3.05, 3.63) is 75.3 Å². The summed E-state index contributed by atoms with van der Waals surface area (Å²) in [6.45, 7) is 4.02. The maximum absolute atomic E-state index is 12.9. The van der Waals surface area contributed by atoms with Crippen molar-refractivity contribution in [3.63, 3.8) is 0 Å². The highest BCUT2D eigenvalue weighted by Gasteiger charge is 2.22. The van der Waals surface area contributed by atoms with Crippen LogP contribution in [0, 0.1) is 0 Å². The van der Waals surface area contributed by atoms with Crippen LogP contribution in [0.2, 0.25) is 5.02 Å². The van der Waals surface area contributed by atoms with E-state index in [4.69, 9.17) is 11.6 Å². The molecule has 1 aromatic heterocycles. The van der Waals surface area contributed by atoms with Crippen LogP contribution in [0.4, 0.5) is 0 Å². The highest BCUT2D eigenvalue weighted by atomic mass is 35.5. The van der Waals surface area contributed by atoms with Crippen LogP contribution >= 0.6 is 11.6 Å². The van der Waals surface area contributed by atoms with Crippen molar-refractivity contribution in [2.75, 3.05) is 0 Å². The van der Waals surface area contributed by atoms with E-state index in [1.165, 1.54) is 0 Å². The van der Waals surface area contributed by atoms with Gasteiger partial charge in [0.05, 0.1) is 28.0 Å². The minimum absolute atomic E-state index is 0.0828. The summed E-state index contributed by atoms with van der Waals surface area (Å²) >= 11 is 6.15. The number of H-pyrrole nitrogens is 1. The number of aromatic nitrogens is 2. The molecule has 0 fully saturated rings. The third-order valence-corrected chi connectivity index (χ3v) is 4.30. The Balaban J connectivity index is 1.97. The molecule has 0 aliphatic carbocycles. The average Bonchev–Trinajstić information content (AvgIpc) is 2.59. The van der Waals surface area contributed by atoms with Gasteiger partial charge in [-0.2, -0.15) is 0 Å². The maximum atomic E-state index is 12.9. The van der Waals surface area contributed by atoms with Gasteiger partial charge in [-0.3, -0.25) is 9.59 Å². The molecule has 0 atom stereocenters. The molecule has 0 spiro atoms. The molecular weight excluding hydrogens is 338 g/mol. The largest absolute Gasteiger partial charge is 0.329 e. The van der Waals surface area contributed by atoms with Crippen LogP contribution in [0.25, 0.3) is 10.9 Å². The van der Waals surface area contributed by atoms with Crippen molar-refractivity contribution >= 4 is 28.4 Å². The second kappa shape index (κ2) is 7.07. The first-order valence-electron chi connectivity index (χ1n) is 8.01. The predicted molar refractivity (Wildman–Crippen MR) is 98.8 cm³/mol. The van der Waals surface area contributed by atoms with E-state index in [2.05, 4.69) is 9.97 Å². The molecule has 3 aromatic rings. The summed E-state index contributed by atoms with van der Waals surface area (Å²) in [5.41, 5.74) is 0.825. The number of hydrogen-bond acceptors (Lipinski definition) is 3. The quantitative estimate of drug-likeness (QED) is 0.777. The zero-order valence-corrected chi connectivity index (χ0v) is 14.7. The number of aromatic amines is 1. The highest BCUT2D eigenvalue weighted by Crippen LogP contribution is 2.19. The number of amides is 1. The summed E-state index contributed by atoms with van der Waals surface area (Å²) < 4.78 is 0. The van der Waals surface area contributed by atoms with Gasteiger partial charge >= 0.3 is 0 Å². The summed E-state index contributed by atoms with van der Waals surface area (Å²) in [7, 11) is 0. The highest BCUT2D eigenvalue weighted by molar-refractivity contribution is 6.33. The van der Waals surface area contributed by atoms with Crippen molar-refractivity contribution in [2.45, 2.75) is 26.4 Å². The number of carbonyl (C=O) groups is 1. The van der Waals surface area contributed by atoms with E-state index in [0.717, 1.165) is 0 Å². The number of hydrogen-bond donors (Lipinski definition) is 1. The summed E-state index contributed by atoms with van der Waals surface area (Å²) in [4.78, 5) is 34.0. The van der Waals surface area contributed by atoms with Crippen LogP contribution in [-0.4, -0.2) is 26.8 Å². The molecule has 128 valence electrons. The molecule has 0 bridgehead atoms. The van der Waals surface area contributed by atoms with Crippen LogP contribution in [-0.2, 0) is 6.54 Å². The number of para-hydroxylation sites is 1. The normalized spacial score (nSPS) is 11.0. The summed E-state index contributed by atoms with van der Waals surface area (Å²) in [5, 5.41) is 0.929. The summed E-state index contributed by atoms with van der Waals surface area (Å²) in [6.07, 6.45) is 0. The van der Waals surface area contributed by atoms with E-state index in [-0.39, 0.29) is 24.1 Å². The lowest BCUT2D eigenvalue weighted by atomic mass is 10.1. The third-order valence-electron chi connectivity index (χ3n) is 3.97. The minimum atomic E-state index is -0.213. The number of fused-ring (bicyclic) bond motifs is 1. The topological polar surface area (TPSA) is 66.1 Å². The van der Waals surface area contributed by atoms with Gasteiger partial charge in [-0.1, -0.05) is 35.9 Å². The van der Waals surface area contributed by atoms with Gasteiger partial charge in [0.2, 0.25) is 0 Å². The molecule has 1 amide bonds. The zero-order valence-electron chi connectivity index (χ0n) is 14.0. The molecule has 0 saturated carbocycles. The molecule has 0 aliphatic rings. The standard InChI is InChI=1S/C19H18ClN3O2/c1-12(2)23(19(25)13-7-3-5-9-15(13)20)11-17-21-16-10-6-4-8-14(16)18(24)22-17/h3-10,12H,11H2,1-2H3,(H,21,22,24). The van der Waals surface area contributed by atoms with Gasteiger partial charge in [-0.05, 0) is 38.1 Å². The van der Waals surface area contributed by atoms with Crippen molar-refractivity contribution < 1.29 is 4.79 Å². The Hall–Kier alpha value is -2.66. The van der Waals surface area contributed by atoms with Crippen LogP contribution in [0.1, 0.15) is 30.0 Å². The molecule has 1 heterocycles. The first-order chi connectivity index (χ1) is 12.0. The fourth-order valence-electron chi connectivity index (χ4n) is 2.65.